The Hall–Kier alpha value is -1.36. The number of benzene rings is 1. The summed E-state index contributed by atoms with van der Waals surface area (Å²) in [5.41, 5.74) is 2.28. The Morgan fingerprint density at radius 2 is 1.74 bits per heavy atom. The first-order valence-corrected chi connectivity index (χ1v) is 8.11. The van der Waals surface area contributed by atoms with Crippen molar-refractivity contribution in [1.82, 2.24) is 0 Å². The van der Waals surface area contributed by atoms with Crippen LogP contribution in [0.5, 0.6) is 5.75 Å². The lowest BCUT2D eigenvalue weighted by molar-refractivity contribution is 0.112. The van der Waals surface area contributed by atoms with Gasteiger partial charge in [-0.1, -0.05) is 6.92 Å². The lowest BCUT2D eigenvalue weighted by Crippen LogP contribution is -2.17. The van der Waals surface area contributed by atoms with Crippen LogP contribution >= 0.6 is 0 Å². The fourth-order valence-electron chi connectivity index (χ4n) is 1.96. The van der Waals surface area contributed by atoms with Gasteiger partial charge in [-0.15, -0.1) is 0 Å². The second-order valence-corrected chi connectivity index (χ2v) is 6.91. The Labute approximate surface area is 114 Å². The smallest absolute Gasteiger partial charge is 0.153 e. The van der Waals surface area contributed by atoms with Crippen LogP contribution in [0.2, 0.25) is 0 Å². The average molecular weight is 284 g/mol. The largest absolute Gasteiger partial charge is 0.492 e. The van der Waals surface area contributed by atoms with Crippen molar-refractivity contribution in [3.63, 3.8) is 0 Å². The van der Waals surface area contributed by atoms with Gasteiger partial charge in [-0.3, -0.25) is 4.79 Å². The number of sulfone groups is 1. The molecule has 0 saturated carbocycles. The van der Waals surface area contributed by atoms with Gasteiger partial charge in [-0.05, 0) is 43.5 Å². The average Bonchev–Trinajstić information content (AvgIpc) is 2.32. The quantitative estimate of drug-likeness (QED) is 0.721. The normalized spacial score (nSPS) is 11.3. The third kappa shape index (κ3) is 4.67. The summed E-state index contributed by atoms with van der Waals surface area (Å²) in [4.78, 5) is 10.7. The zero-order chi connectivity index (χ0) is 14.5. The summed E-state index contributed by atoms with van der Waals surface area (Å²) in [7, 11) is -3.02. The molecule has 1 rings (SSSR count). The zero-order valence-electron chi connectivity index (χ0n) is 11.6. The molecule has 19 heavy (non-hydrogen) atoms. The Morgan fingerprint density at radius 3 is 2.21 bits per heavy atom. The van der Waals surface area contributed by atoms with Crippen LogP contribution in [0, 0.1) is 13.8 Å². The van der Waals surface area contributed by atoms with Crippen LogP contribution in [-0.4, -0.2) is 32.8 Å². The van der Waals surface area contributed by atoms with Crippen LogP contribution in [0.15, 0.2) is 12.1 Å². The summed E-state index contributed by atoms with van der Waals surface area (Å²) >= 11 is 0. The van der Waals surface area contributed by atoms with E-state index >= 15 is 0 Å². The summed E-state index contributed by atoms with van der Waals surface area (Å²) in [5.74, 6) is 0.880. The monoisotopic (exact) mass is 284 g/mol. The molecule has 4 nitrogen and oxygen atoms in total. The number of carbonyl (C=O) groups excluding carboxylic acids is 1. The van der Waals surface area contributed by atoms with E-state index < -0.39 is 9.84 Å². The summed E-state index contributed by atoms with van der Waals surface area (Å²) in [5, 5.41) is 0. The summed E-state index contributed by atoms with van der Waals surface area (Å²) < 4.78 is 28.7. The molecular formula is C14H20O4S. The van der Waals surface area contributed by atoms with E-state index in [1.54, 1.807) is 12.1 Å². The molecule has 5 heteroatoms. The molecule has 0 aliphatic heterocycles. The lowest BCUT2D eigenvalue weighted by Gasteiger charge is -2.12. The minimum atomic E-state index is -3.02. The van der Waals surface area contributed by atoms with Gasteiger partial charge in [-0.2, -0.15) is 0 Å². The molecule has 106 valence electrons. The number of rotatable bonds is 7. The van der Waals surface area contributed by atoms with Gasteiger partial charge in [0.2, 0.25) is 0 Å². The van der Waals surface area contributed by atoms with Crippen molar-refractivity contribution in [1.29, 1.82) is 0 Å². The molecule has 0 aliphatic rings. The van der Waals surface area contributed by atoms with Crippen molar-refractivity contribution in [3.05, 3.63) is 28.8 Å². The summed E-state index contributed by atoms with van der Waals surface area (Å²) in [6.07, 6.45) is 1.41. The number of aryl methyl sites for hydroxylation is 2. The third-order valence-corrected chi connectivity index (χ3v) is 4.59. The molecule has 0 spiro atoms. The van der Waals surface area contributed by atoms with Gasteiger partial charge >= 0.3 is 0 Å². The van der Waals surface area contributed by atoms with Crippen molar-refractivity contribution < 1.29 is 17.9 Å². The number of ether oxygens (including phenoxy) is 1. The van der Waals surface area contributed by atoms with E-state index in [9.17, 15) is 13.2 Å². The van der Waals surface area contributed by atoms with E-state index in [0.29, 0.717) is 17.7 Å². The topological polar surface area (TPSA) is 60.4 Å². The van der Waals surface area contributed by atoms with Crippen LogP contribution in [0.1, 0.15) is 34.8 Å². The van der Waals surface area contributed by atoms with E-state index in [1.165, 1.54) is 0 Å². The maximum absolute atomic E-state index is 11.6. The van der Waals surface area contributed by atoms with Crippen molar-refractivity contribution in [2.75, 3.05) is 18.1 Å². The van der Waals surface area contributed by atoms with Crippen LogP contribution in [-0.2, 0) is 9.84 Å². The number of aldehydes is 1. The SMILES string of the molecule is CCCS(=O)(=O)CCOc1c(C)cc(C=O)cc1C. The molecule has 0 bridgehead atoms. The molecule has 0 heterocycles. The molecule has 0 atom stereocenters. The van der Waals surface area contributed by atoms with Gasteiger partial charge in [0.15, 0.2) is 9.84 Å². The van der Waals surface area contributed by atoms with Crippen LogP contribution in [0.3, 0.4) is 0 Å². The van der Waals surface area contributed by atoms with Gasteiger partial charge in [0.1, 0.15) is 18.6 Å². The first-order chi connectivity index (χ1) is 8.89. The minimum Gasteiger partial charge on any atom is -0.492 e. The first-order valence-electron chi connectivity index (χ1n) is 6.29. The van der Waals surface area contributed by atoms with Crippen molar-refractivity contribution in [2.45, 2.75) is 27.2 Å². The second kappa shape index (κ2) is 6.70. The second-order valence-electron chi connectivity index (χ2n) is 4.60. The number of hydrogen-bond donors (Lipinski definition) is 0. The minimum absolute atomic E-state index is 0.0230. The predicted molar refractivity (Wildman–Crippen MR) is 75.7 cm³/mol. The first kappa shape index (κ1) is 15.7. The summed E-state index contributed by atoms with van der Waals surface area (Å²) in [6, 6.07) is 3.46. The van der Waals surface area contributed by atoms with Gasteiger partial charge in [0, 0.05) is 5.56 Å². The highest BCUT2D eigenvalue weighted by Crippen LogP contribution is 2.24. The van der Waals surface area contributed by atoms with E-state index in [4.69, 9.17) is 4.74 Å². The summed E-state index contributed by atoms with van der Waals surface area (Å²) in [6.45, 7) is 5.67. The highest BCUT2D eigenvalue weighted by molar-refractivity contribution is 7.91. The highest BCUT2D eigenvalue weighted by atomic mass is 32.2. The molecule has 0 unspecified atom stereocenters. The molecule has 0 radical (unpaired) electrons. The molecule has 0 fully saturated rings. The van der Waals surface area contributed by atoms with Crippen molar-refractivity contribution >= 4 is 16.1 Å². The molecule has 0 aromatic heterocycles. The highest BCUT2D eigenvalue weighted by Gasteiger charge is 2.11. The van der Waals surface area contributed by atoms with Crippen molar-refractivity contribution in [3.8, 4) is 5.75 Å². The van der Waals surface area contributed by atoms with E-state index in [1.807, 2.05) is 20.8 Å². The van der Waals surface area contributed by atoms with Gasteiger partial charge in [-0.25, -0.2) is 8.42 Å². The Balaban J connectivity index is 2.71. The Kier molecular flexibility index (Phi) is 5.54. The van der Waals surface area contributed by atoms with Gasteiger partial charge < -0.3 is 4.74 Å². The lowest BCUT2D eigenvalue weighted by atomic mass is 10.1. The fourth-order valence-corrected chi connectivity index (χ4v) is 3.13. The molecule has 0 N–H and O–H groups in total. The van der Waals surface area contributed by atoms with Gasteiger partial charge in [0.25, 0.3) is 0 Å². The Morgan fingerprint density at radius 1 is 1.16 bits per heavy atom. The molecular weight excluding hydrogens is 264 g/mol. The zero-order valence-corrected chi connectivity index (χ0v) is 12.4. The van der Waals surface area contributed by atoms with Crippen molar-refractivity contribution in [2.24, 2.45) is 0 Å². The van der Waals surface area contributed by atoms with Crippen LogP contribution in [0.25, 0.3) is 0 Å². The van der Waals surface area contributed by atoms with E-state index in [-0.39, 0.29) is 18.1 Å². The van der Waals surface area contributed by atoms with Crippen LogP contribution in [0.4, 0.5) is 0 Å². The van der Waals surface area contributed by atoms with Crippen LogP contribution < -0.4 is 4.74 Å². The number of hydrogen-bond acceptors (Lipinski definition) is 4. The molecule has 0 aliphatic carbocycles. The number of carbonyl (C=O) groups is 1. The third-order valence-electron chi connectivity index (χ3n) is 2.77. The maximum atomic E-state index is 11.6. The predicted octanol–water partition coefficient (Wildman–Crippen LogP) is 2.32. The fraction of sp³-hybridized carbons (Fsp3) is 0.500. The molecule has 1 aromatic carbocycles. The standard InChI is InChI=1S/C14H20O4S/c1-4-6-19(16,17)7-5-18-14-11(2)8-13(10-15)9-12(14)3/h8-10H,4-7H2,1-3H3. The van der Waals surface area contributed by atoms with E-state index in [2.05, 4.69) is 0 Å². The van der Waals surface area contributed by atoms with Gasteiger partial charge in [0.05, 0.1) is 11.5 Å². The molecule has 1 aromatic rings. The molecule has 0 amide bonds. The molecule has 0 saturated heterocycles. The maximum Gasteiger partial charge on any atom is 0.153 e. The van der Waals surface area contributed by atoms with E-state index in [0.717, 1.165) is 17.4 Å². The Bertz CT molecular complexity index is 524.